The number of nitrogens with zero attached hydrogens (tertiary/aromatic N) is 1. The molecule has 176 valence electrons. The van der Waals surface area contributed by atoms with Gasteiger partial charge in [0, 0.05) is 12.1 Å². The summed E-state index contributed by atoms with van der Waals surface area (Å²) in [4.78, 5) is 40.5. The van der Waals surface area contributed by atoms with Crippen LogP contribution in [0.4, 0.5) is 4.79 Å². The van der Waals surface area contributed by atoms with Crippen molar-refractivity contribution in [3.8, 4) is 0 Å². The topological polar surface area (TPSA) is 108 Å². The maximum Gasteiger partial charge on any atom is 0.408 e. The Morgan fingerprint density at radius 1 is 1.25 bits per heavy atom. The fraction of sp³-hybridized carbons (Fsp3) is 0.542. The van der Waals surface area contributed by atoms with Crippen molar-refractivity contribution >= 4 is 24.0 Å². The Bertz CT molecular complexity index is 842. The molecule has 1 saturated carbocycles. The van der Waals surface area contributed by atoms with E-state index in [1.165, 1.54) is 4.90 Å². The highest BCUT2D eigenvalue weighted by atomic mass is 16.6. The Balaban J connectivity index is 2.40. The Labute approximate surface area is 190 Å². The van der Waals surface area contributed by atoms with Crippen molar-refractivity contribution in [2.45, 2.75) is 77.2 Å². The molecule has 0 spiro atoms. The fourth-order valence-corrected chi connectivity index (χ4v) is 3.34. The zero-order chi connectivity index (χ0) is 24.1. The molecular weight excluding hydrogens is 410 g/mol. The molecule has 0 radical (unpaired) electrons. The lowest BCUT2D eigenvalue weighted by Crippen LogP contribution is -2.55. The summed E-state index contributed by atoms with van der Waals surface area (Å²) in [5, 5.41) is 15.2. The van der Waals surface area contributed by atoms with E-state index in [-0.39, 0.29) is 18.0 Å². The molecule has 2 unspecified atom stereocenters. The minimum absolute atomic E-state index is 0.128. The third kappa shape index (κ3) is 7.09. The van der Waals surface area contributed by atoms with Gasteiger partial charge in [-0.3, -0.25) is 9.59 Å². The van der Waals surface area contributed by atoms with Crippen LogP contribution < -0.4 is 10.6 Å². The number of alkyl carbamates (subject to hydrolysis) is 1. The summed E-state index contributed by atoms with van der Waals surface area (Å²) in [6.45, 7) is 12.0. The third-order valence-corrected chi connectivity index (χ3v) is 4.79. The van der Waals surface area contributed by atoms with E-state index < -0.39 is 36.3 Å². The summed E-state index contributed by atoms with van der Waals surface area (Å²) in [5.41, 5.74) is 0.696. The molecule has 8 nitrogen and oxygen atoms in total. The average molecular weight is 446 g/mol. The Morgan fingerprint density at radius 3 is 2.41 bits per heavy atom. The predicted octanol–water partition coefficient (Wildman–Crippen LogP) is 2.77. The Morgan fingerprint density at radius 2 is 1.91 bits per heavy atom. The highest BCUT2D eigenvalue weighted by molar-refractivity contribution is 5.92. The highest BCUT2D eigenvalue weighted by Gasteiger charge is 2.44. The molecule has 3 N–H and O–H groups in total. The quantitative estimate of drug-likeness (QED) is 0.542. The van der Waals surface area contributed by atoms with Gasteiger partial charge < -0.3 is 25.4 Å². The van der Waals surface area contributed by atoms with E-state index in [1.54, 1.807) is 39.0 Å². The van der Waals surface area contributed by atoms with Crippen LogP contribution in [0, 0.1) is 0 Å². The second-order valence-electron chi connectivity index (χ2n) is 9.30. The standard InChI is InChI=1S/C24H35N3O5/c1-7-16-9-8-10-17(13-16)20(21(29)25-15(2)3)27(18-11-12-18)22(30)19(14-28)26-23(31)32-24(4,5)6/h7-10,13,15,18-20,28H,1,11-12,14H2,2-6H3,(H,25,29)(H,26,31). The Kier molecular flexibility index (Phi) is 8.44. The molecule has 1 aromatic carbocycles. The van der Waals surface area contributed by atoms with Gasteiger partial charge in [-0.2, -0.15) is 0 Å². The summed E-state index contributed by atoms with van der Waals surface area (Å²) in [6, 6.07) is 4.83. The Hall–Kier alpha value is -2.87. The van der Waals surface area contributed by atoms with E-state index in [0.29, 0.717) is 5.56 Å². The molecule has 0 bridgehead atoms. The number of benzene rings is 1. The number of aliphatic hydroxyl groups excluding tert-OH is 1. The largest absolute Gasteiger partial charge is 0.444 e. The lowest BCUT2D eigenvalue weighted by atomic mass is 10.00. The molecule has 1 aliphatic carbocycles. The van der Waals surface area contributed by atoms with Crippen molar-refractivity contribution in [3.63, 3.8) is 0 Å². The monoisotopic (exact) mass is 445 g/mol. The van der Waals surface area contributed by atoms with Crippen LogP contribution in [-0.2, 0) is 14.3 Å². The molecule has 0 saturated heterocycles. The van der Waals surface area contributed by atoms with Crippen molar-refractivity contribution in [2.75, 3.05) is 6.61 Å². The SMILES string of the molecule is C=Cc1cccc(C(C(=O)NC(C)C)N(C(=O)C(CO)NC(=O)OC(C)(C)C)C2CC2)c1. The first-order chi connectivity index (χ1) is 15.0. The number of hydrogen-bond acceptors (Lipinski definition) is 5. The van der Waals surface area contributed by atoms with Gasteiger partial charge in [0.15, 0.2) is 0 Å². The molecule has 8 heteroatoms. The van der Waals surface area contributed by atoms with E-state index in [4.69, 9.17) is 4.74 Å². The third-order valence-electron chi connectivity index (χ3n) is 4.79. The van der Waals surface area contributed by atoms with Gasteiger partial charge in [-0.05, 0) is 64.7 Å². The van der Waals surface area contributed by atoms with Crippen LogP contribution in [-0.4, -0.2) is 58.2 Å². The number of ether oxygens (including phenoxy) is 1. The smallest absolute Gasteiger partial charge is 0.408 e. The molecule has 0 aliphatic heterocycles. The van der Waals surface area contributed by atoms with Crippen LogP contribution in [0.2, 0.25) is 0 Å². The average Bonchev–Trinajstić information content (AvgIpc) is 3.52. The van der Waals surface area contributed by atoms with Gasteiger partial charge in [0.05, 0.1) is 6.61 Å². The molecule has 2 rings (SSSR count). The van der Waals surface area contributed by atoms with Gasteiger partial charge in [0.25, 0.3) is 0 Å². The van der Waals surface area contributed by atoms with Crippen molar-refractivity contribution in [1.82, 2.24) is 15.5 Å². The molecule has 1 aromatic rings. The summed E-state index contributed by atoms with van der Waals surface area (Å²) in [5.74, 6) is -0.857. The second kappa shape index (κ2) is 10.6. The van der Waals surface area contributed by atoms with Crippen LogP contribution in [0.15, 0.2) is 30.8 Å². The minimum atomic E-state index is -1.23. The first-order valence-corrected chi connectivity index (χ1v) is 10.9. The molecular formula is C24H35N3O5. The van der Waals surface area contributed by atoms with Crippen LogP contribution in [0.3, 0.4) is 0 Å². The van der Waals surface area contributed by atoms with E-state index in [1.807, 2.05) is 26.0 Å². The van der Waals surface area contributed by atoms with Crippen molar-refractivity contribution < 1.29 is 24.2 Å². The first kappa shape index (κ1) is 25.4. The lowest BCUT2D eigenvalue weighted by Gasteiger charge is -2.34. The van der Waals surface area contributed by atoms with Gasteiger partial charge >= 0.3 is 6.09 Å². The normalized spacial score (nSPS) is 15.5. The van der Waals surface area contributed by atoms with Gasteiger partial charge in [-0.25, -0.2) is 4.79 Å². The lowest BCUT2D eigenvalue weighted by molar-refractivity contribution is -0.144. The van der Waals surface area contributed by atoms with Crippen LogP contribution >= 0.6 is 0 Å². The van der Waals surface area contributed by atoms with E-state index in [0.717, 1.165) is 18.4 Å². The maximum absolute atomic E-state index is 13.5. The first-order valence-electron chi connectivity index (χ1n) is 10.9. The van der Waals surface area contributed by atoms with Crippen molar-refractivity contribution in [3.05, 3.63) is 42.0 Å². The van der Waals surface area contributed by atoms with E-state index in [9.17, 15) is 19.5 Å². The van der Waals surface area contributed by atoms with Crippen molar-refractivity contribution in [1.29, 1.82) is 0 Å². The van der Waals surface area contributed by atoms with E-state index >= 15 is 0 Å². The fourth-order valence-electron chi connectivity index (χ4n) is 3.34. The summed E-state index contributed by atoms with van der Waals surface area (Å²) < 4.78 is 5.23. The number of aliphatic hydroxyl groups is 1. The second-order valence-corrected chi connectivity index (χ2v) is 9.30. The molecule has 2 atom stereocenters. The minimum Gasteiger partial charge on any atom is -0.444 e. The number of carbonyl (C=O) groups excluding carboxylic acids is 3. The van der Waals surface area contributed by atoms with Crippen LogP contribution in [0.1, 0.15) is 64.6 Å². The molecule has 32 heavy (non-hydrogen) atoms. The molecule has 0 heterocycles. The zero-order valence-electron chi connectivity index (χ0n) is 19.6. The summed E-state index contributed by atoms with van der Waals surface area (Å²) >= 11 is 0. The zero-order valence-corrected chi connectivity index (χ0v) is 19.6. The predicted molar refractivity (Wildman–Crippen MR) is 123 cm³/mol. The molecule has 0 aromatic heterocycles. The molecule has 3 amide bonds. The van der Waals surface area contributed by atoms with Gasteiger partial charge in [-0.15, -0.1) is 0 Å². The number of nitrogens with one attached hydrogen (secondary N) is 2. The maximum atomic E-state index is 13.5. The molecule has 1 fully saturated rings. The van der Waals surface area contributed by atoms with Crippen molar-refractivity contribution in [2.24, 2.45) is 0 Å². The molecule has 1 aliphatic rings. The summed E-state index contributed by atoms with van der Waals surface area (Å²) in [7, 11) is 0. The number of hydrogen-bond donors (Lipinski definition) is 3. The van der Waals surface area contributed by atoms with Gasteiger partial charge in [-0.1, -0.05) is 30.9 Å². The van der Waals surface area contributed by atoms with Gasteiger partial charge in [0.1, 0.15) is 17.7 Å². The van der Waals surface area contributed by atoms with Crippen LogP contribution in [0.5, 0.6) is 0 Å². The number of carbonyl (C=O) groups is 3. The van der Waals surface area contributed by atoms with Gasteiger partial charge in [0.2, 0.25) is 11.8 Å². The number of rotatable bonds is 9. The van der Waals surface area contributed by atoms with E-state index in [2.05, 4.69) is 17.2 Å². The highest BCUT2D eigenvalue weighted by Crippen LogP contribution is 2.36. The number of amides is 3. The van der Waals surface area contributed by atoms with Crippen LogP contribution in [0.25, 0.3) is 6.08 Å². The summed E-state index contributed by atoms with van der Waals surface area (Å²) in [6.07, 6.45) is 2.34.